The first-order valence-electron chi connectivity index (χ1n) is 11.8. The Hall–Kier alpha value is -3.52. The molecule has 0 radical (unpaired) electrons. The molecule has 194 valence electrons. The summed E-state index contributed by atoms with van der Waals surface area (Å²) in [7, 11) is 3.12. The summed E-state index contributed by atoms with van der Waals surface area (Å²) >= 11 is 9.17. The van der Waals surface area contributed by atoms with Crippen molar-refractivity contribution in [2.24, 2.45) is 5.73 Å². The van der Waals surface area contributed by atoms with Gasteiger partial charge in [0.2, 0.25) is 5.13 Å². The van der Waals surface area contributed by atoms with Crippen molar-refractivity contribution in [3.05, 3.63) is 81.3 Å². The zero-order chi connectivity index (χ0) is 26.8. The van der Waals surface area contributed by atoms with E-state index in [0.717, 1.165) is 15.6 Å². The molecule has 0 bridgehead atoms. The van der Waals surface area contributed by atoms with Gasteiger partial charge in [0.15, 0.2) is 10.1 Å². The van der Waals surface area contributed by atoms with Gasteiger partial charge in [0, 0.05) is 34.0 Å². The fourth-order valence-corrected chi connectivity index (χ4v) is 6.95. The largest absolute Gasteiger partial charge is 0.497 e. The highest BCUT2D eigenvalue weighted by atomic mass is 35.5. The monoisotopic (exact) mass is 565 g/mol. The number of carbonyl (C=O) groups is 1. The second-order valence-electron chi connectivity index (χ2n) is 8.65. The van der Waals surface area contributed by atoms with Gasteiger partial charge in [0.05, 0.1) is 31.8 Å². The molecule has 11 heteroatoms. The number of benzene rings is 2. The molecule has 0 fully saturated rings. The van der Waals surface area contributed by atoms with Gasteiger partial charge in [-0.3, -0.25) is 9.69 Å². The van der Waals surface area contributed by atoms with E-state index < -0.39 is 5.92 Å². The Morgan fingerprint density at radius 1 is 1.21 bits per heavy atom. The molecule has 1 atom stereocenters. The van der Waals surface area contributed by atoms with E-state index in [4.69, 9.17) is 26.8 Å². The predicted molar refractivity (Wildman–Crippen MR) is 148 cm³/mol. The smallest absolute Gasteiger partial charge is 0.219 e. The maximum absolute atomic E-state index is 13.4. The molecule has 2 aromatic carbocycles. The van der Waals surface area contributed by atoms with Crippen LogP contribution in [0.1, 0.15) is 36.3 Å². The SMILES string of the molecule is COc1ccc(OC)c([C@H]2C(C#N)=C(N)N(c3nnc(SCc4ccccc4Cl)s3)C3=C2C(=O)CCC3)c1. The molecule has 0 amide bonds. The van der Waals surface area contributed by atoms with E-state index in [1.54, 1.807) is 37.3 Å². The van der Waals surface area contributed by atoms with Crippen molar-refractivity contribution in [1.82, 2.24) is 10.2 Å². The number of hydrogen-bond donors (Lipinski definition) is 1. The van der Waals surface area contributed by atoms with E-state index in [2.05, 4.69) is 16.3 Å². The molecule has 8 nitrogen and oxygen atoms in total. The molecule has 1 aromatic heterocycles. The van der Waals surface area contributed by atoms with Crippen molar-refractivity contribution in [2.45, 2.75) is 35.3 Å². The van der Waals surface area contributed by atoms with Crippen LogP contribution in [0.15, 0.2) is 69.5 Å². The number of methoxy groups -OCH3 is 2. The molecule has 3 aromatic rings. The molecule has 0 unspecified atom stereocenters. The zero-order valence-corrected chi connectivity index (χ0v) is 23.1. The van der Waals surface area contributed by atoms with Crippen LogP contribution in [0.5, 0.6) is 11.5 Å². The number of nitrogens with zero attached hydrogens (tertiary/aromatic N) is 4. The minimum Gasteiger partial charge on any atom is -0.497 e. The van der Waals surface area contributed by atoms with Gasteiger partial charge in [-0.25, -0.2) is 0 Å². The zero-order valence-electron chi connectivity index (χ0n) is 20.7. The first kappa shape index (κ1) is 26.1. The highest BCUT2D eigenvalue weighted by Crippen LogP contribution is 2.49. The fraction of sp³-hybridized carbons (Fsp3) is 0.259. The van der Waals surface area contributed by atoms with Gasteiger partial charge in [-0.05, 0) is 42.7 Å². The maximum Gasteiger partial charge on any atom is 0.219 e. The molecular weight excluding hydrogens is 542 g/mol. The van der Waals surface area contributed by atoms with E-state index in [9.17, 15) is 10.1 Å². The number of thioether (sulfide) groups is 1. The molecule has 2 aliphatic rings. The average molecular weight is 566 g/mol. The van der Waals surface area contributed by atoms with Crippen molar-refractivity contribution < 1.29 is 14.3 Å². The lowest BCUT2D eigenvalue weighted by atomic mass is 9.75. The van der Waals surface area contributed by atoms with E-state index >= 15 is 0 Å². The highest BCUT2D eigenvalue weighted by molar-refractivity contribution is 8.00. The van der Waals surface area contributed by atoms with Crippen molar-refractivity contribution in [3.8, 4) is 17.6 Å². The number of aromatic nitrogens is 2. The molecular formula is C27H24ClN5O3S2. The quantitative estimate of drug-likeness (QED) is 0.354. The Morgan fingerprint density at radius 3 is 2.76 bits per heavy atom. The maximum atomic E-state index is 13.4. The van der Waals surface area contributed by atoms with Gasteiger partial charge < -0.3 is 15.2 Å². The lowest BCUT2D eigenvalue weighted by Gasteiger charge is -2.38. The van der Waals surface area contributed by atoms with Gasteiger partial charge in [0.1, 0.15) is 17.3 Å². The molecule has 0 saturated heterocycles. The fourth-order valence-electron chi connectivity index (χ4n) is 4.79. The summed E-state index contributed by atoms with van der Waals surface area (Å²) in [4.78, 5) is 15.2. The number of carbonyl (C=O) groups excluding carboxylic acids is 1. The number of nitrogens with two attached hydrogens (primary N) is 1. The molecule has 2 N–H and O–H groups in total. The summed E-state index contributed by atoms with van der Waals surface area (Å²) in [5.41, 5.74) is 9.87. The summed E-state index contributed by atoms with van der Waals surface area (Å²) in [5.74, 6) is 1.30. The van der Waals surface area contributed by atoms with Crippen molar-refractivity contribution in [1.29, 1.82) is 5.26 Å². The predicted octanol–water partition coefficient (Wildman–Crippen LogP) is 5.81. The Kier molecular flexibility index (Phi) is 7.61. The highest BCUT2D eigenvalue weighted by Gasteiger charge is 2.42. The molecule has 0 saturated carbocycles. The summed E-state index contributed by atoms with van der Waals surface area (Å²) in [6, 6.07) is 15.3. The summed E-state index contributed by atoms with van der Waals surface area (Å²) in [5, 5.41) is 20.2. The van der Waals surface area contributed by atoms with Crippen LogP contribution in [-0.4, -0.2) is 30.2 Å². The number of ketones is 1. The lowest BCUT2D eigenvalue weighted by Crippen LogP contribution is -2.38. The summed E-state index contributed by atoms with van der Waals surface area (Å²) in [6.07, 6.45) is 1.69. The topological polar surface area (TPSA) is 114 Å². The molecule has 38 heavy (non-hydrogen) atoms. The van der Waals surface area contributed by atoms with Gasteiger partial charge in [-0.2, -0.15) is 5.26 Å². The second-order valence-corrected chi connectivity index (χ2v) is 11.2. The third-order valence-electron chi connectivity index (χ3n) is 6.56. The van der Waals surface area contributed by atoms with Gasteiger partial charge >= 0.3 is 0 Å². The molecule has 1 aliphatic heterocycles. The number of rotatable bonds is 7. The number of anilines is 1. The average Bonchev–Trinajstić information content (AvgIpc) is 3.40. The number of ether oxygens (including phenoxy) is 2. The van der Waals surface area contributed by atoms with E-state index in [1.807, 2.05) is 24.3 Å². The van der Waals surface area contributed by atoms with Crippen LogP contribution in [0.3, 0.4) is 0 Å². The van der Waals surface area contributed by atoms with Crippen LogP contribution in [0.25, 0.3) is 0 Å². The van der Waals surface area contributed by atoms with Crippen molar-refractivity contribution >= 4 is 45.6 Å². The van der Waals surface area contributed by atoms with Gasteiger partial charge in [0.25, 0.3) is 0 Å². The van der Waals surface area contributed by atoms with Crippen LogP contribution in [0.4, 0.5) is 5.13 Å². The third kappa shape index (κ3) is 4.73. The van der Waals surface area contributed by atoms with E-state index in [0.29, 0.717) is 57.8 Å². The Bertz CT molecular complexity index is 1510. The summed E-state index contributed by atoms with van der Waals surface area (Å²) < 4.78 is 11.8. The number of allylic oxidation sites excluding steroid dienone is 3. The summed E-state index contributed by atoms with van der Waals surface area (Å²) in [6.45, 7) is 0. The van der Waals surface area contributed by atoms with Crippen LogP contribution in [0.2, 0.25) is 5.02 Å². The minimum atomic E-state index is -0.675. The standard InChI is InChI=1S/C27H24ClN5O3S2/c1-35-16-10-11-22(36-2)17(12-16)23-18(13-29)25(30)33(20-8-5-9-21(34)24(20)23)26-31-32-27(38-26)37-14-15-6-3-4-7-19(15)28/h3-4,6-7,10-12,23H,5,8-9,14,30H2,1-2H3/t23-/m0/s1. The van der Waals surface area contributed by atoms with Crippen LogP contribution in [-0.2, 0) is 10.5 Å². The Labute approximate surface area is 233 Å². The lowest BCUT2D eigenvalue weighted by molar-refractivity contribution is -0.116. The number of Topliss-reactive ketones (excluding diaryl/α,β-unsaturated/α-hetero) is 1. The van der Waals surface area contributed by atoms with Crippen LogP contribution in [0, 0.1) is 11.3 Å². The van der Waals surface area contributed by atoms with E-state index in [-0.39, 0.29) is 17.2 Å². The first-order valence-corrected chi connectivity index (χ1v) is 14.0. The van der Waals surface area contributed by atoms with Gasteiger partial charge in [-0.15, -0.1) is 10.2 Å². The molecule has 5 rings (SSSR count). The molecule has 0 spiro atoms. The van der Waals surface area contributed by atoms with Crippen LogP contribution < -0.4 is 20.1 Å². The van der Waals surface area contributed by atoms with E-state index in [1.165, 1.54) is 23.1 Å². The van der Waals surface area contributed by atoms with Gasteiger partial charge in [-0.1, -0.05) is 52.9 Å². The van der Waals surface area contributed by atoms with Crippen molar-refractivity contribution in [3.63, 3.8) is 0 Å². The number of halogens is 1. The Balaban J connectivity index is 1.57. The minimum absolute atomic E-state index is 0.0239. The molecule has 1 aliphatic carbocycles. The number of hydrogen-bond acceptors (Lipinski definition) is 10. The van der Waals surface area contributed by atoms with Crippen molar-refractivity contribution in [2.75, 3.05) is 19.1 Å². The van der Waals surface area contributed by atoms with Crippen LogP contribution >= 0.6 is 34.7 Å². The Morgan fingerprint density at radius 2 is 2.03 bits per heavy atom. The first-order chi connectivity index (χ1) is 18.5. The molecule has 2 heterocycles. The number of nitriles is 1. The third-order valence-corrected chi connectivity index (χ3v) is 9.02. The normalized spacial score (nSPS) is 17.4. The second kappa shape index (κ2) is 11.1.